The van der Waals surface area contributed by atoms with E-state index < -0.39 is 11.7 Å². The van der Waals surface area contributed by atoms with E-state index in [4.69, 9.17) is 4.74 Å². The summed E-state index contributed by atoms with van der Waals surface area (Å²) < 4.78 is 45.8. The van der Waals surface area contributed by atoms with Gasteiger partial charge in [-0.25, -0.2) is 4.98 Å². The van der Waals surface area contributed by atoms with Gasteiger partial charge in [0.25, 0.3) is 0 Å². The van der Waals surface area contributed by atoms with Gasteiger partial charge in [0.1, 0.15) is 5.82 Å². The van der Waals surface area contributed by atoms with Crippen molar-refractivity contribution in [1.29, 1.82) is 0 Å². The lowest BCUT2D eigenvalue weighted by Gasteiger charge is -2.10. The van der Waals surface area contributed by atoms with Crippen molar-refractivity contribution >= 4 is 11.0 Å². The third-order valence-electron chi connectivity index (χ3n) is 3.90. The predicted molar refractivity (Wildman–Crippen MR) is 86.8 cm³/mol. The summed E-state index contributed by atoms with van der Waals surface area (Å²) in [6.07, 6.45) is -4.38. The minimum Gasteiger partial charge on any atom is -0.383 e. The summed E-state index contributed by atoms with van der Waals surface area (Å²) in [4.78, 5) is 4.45. The Balaban J connectivity index is 2.17. The third kappa shape index (κ3) is 3.14. The Morgan fingerprint density at radius 1 is 1.08 bits per heavy atom. The van der Waals surface area contributed by atoms with Crippen LogP contribution in [0.25, 0.3) is 22.4 Å². The van der Waals surface area contributed by atoms with Crippen LogP contribution in [0.15, 0.2) is 42.5 Å². The van der Waals surface area contributed by atoms with Gasteiger partial charge in [0.15, 0.2) is 0 Å². The molecule has 0 aliphatic heterocycles. The van der Waals surface area contributed by atoms with Crippen molar-refractivity contribution in [3.05, 3.63) is 53.6 Å². The standard InChI is InChI=1S/C18H17F3N2O/c1-12-3-5-13(6-4-12)17-22-15-11-14(18(19,20)21)7-8-16(15)23(17)9-10-24-2/h3-8,11H,9-10H2,1-2H3. The van der Waals surface area contributed by atoms with E-state index in [0.717, 1.165) is 23.3 Å². The van der Waals surface area contributed by atoms with E-state index in [1.165, 1.54) is 6.07 Å². The number of aryl methyl sites for hydroxylation is 1. The fraction of sp³-hybridized carbons (Fsp3) is 0.278. The van der Waals surface area contributed by atoms with Gasteiger partial charge in [0, 0.05) is 19.2 Å². The van der Waals surface area contributed by atoms with Crippen LogP contribution in [0.5, 0.6) is 0 Å². The highest BCUT2D eigenvalue weighted by Gasteiger charge is 2.31. The summed E-state index contributed by atoms with van der Waals surface area (Å²) >= 11 is 0. The smallest absolute Gasteiger partial charge is 0.383 e. The van der Waals surface area contributed by atoms with Crippen LogP contribution in [0.1, 0.15) is 11.1 Å². The van der Waals surface area contributed by atoms with E-state index in [1.807, 2.05) is 35.8 Å². The molecule has 0 spiro atoms. The van der Waals surface area contributed by atoms with Crippen molar-refractivity contribution in [2.45, 2.75) is 19.6 Å². The molecule has 0 fully saturated rings. The van der Waals surface area contributed by atoms with Crippen LogP contribution in [-0.4, -0.2) is 23.3 Å². The SMILES string of the molecule is COCCn1c(-c2ccc(C)cc2)nc2cc(C(F)(F)F)ccc21. The third-order valence-corrected chi connectivity index (χ3v) is 3.90. The summed E-state index contributed by atoms with van der Waals surface area (Å²) in [5, 5.41) is 0. The molecule has 24 heavy (non-hydrogen) atoms. The zero-order valence-electron chi connectivity index (χ0n) is 13.4. The average Bonchev–Trinajstić information content (AvgIpc) is 2.90. The Kier molecular flexibility index (Phi) is 4.32. The first kappa shape index (κ1) is 16.5. The summed E-state index contributed by atoms with van der Waals surface area (Å²) in [6.45, 7) is 2.94. The van der Waals surface area contributed by atoms with Crippen LogP contribution in [-0.2, 0) is 17.5 Å². The van der Waals surface area contributed by atoms with E-state index in [2.05, 4.69) is 4.98 Å². The molecule has 1 heterocycles. The van der Waals surface area contributed by atoms with Gasteiger partial charge in [-0.2, -0.15) is 13.2 Å². The van der Waals surface area contributed by atoms with Gasteiger partial charge < -0.3 is 9.30 Å². The summed E-state index contributed by atoms with van der Waals surface area (Å²) in [5.41, 5.74) is 2.27. The molecule has 0 radical (unpaired) electrons. The molecule has 0 atom stereocenters. The topological polar surface area (TPSA) is 27.1 Å². The zero-order chi connectivity index (χ0) is 17.3. The Labute approximate surface area is 137 Å². The first-order chi connectivity index (χ1) is 11.4. The van der Waals surface area contributed by atoms with E-state index >= 15 is 0 Å². The van der Waals surface area contributed by atoms with Crippen molar-refractivity contribution in [1.82, 2.24) is 9.55 Å². The highest BCUT2D eigenvalue weighted by Crippen LogP contribution is 2.33. The maximum Gasteiger partial charge on any atom is 0.416 e. The molecule has 3 aromatic rings. The number of ether oxygens (including phenoxy) is 1. The molecule has 0 aliphatic carbocycles. The van der Waals surface area contributed by atoms with Crippen LogP contribution in [0.4, 0.5) is 13.2 Å². The number of alkyl halides is 3. The molecule has 0 bridgehead atoms. The lowest BCUT2D eigenvalue weighted by atomic mass is 10.1. The van der Waals surface area contributed by atoms with E-state index in [1.54, 1.807) is 7.11 Å². The Morgan fingerprint density at radius 3 is 2.42 bits per heavy atom. The summed E-state index contributed by atoms with van der Waals surface area (Å²) in [6, 6.07) is 11.4. The normalized spacial score (nSPS) is 12.0. The van der Waals surface area contributed by atoms with Gasteiger partial charge in [0.05, 0.1) is 23.2 Å². The Morgan fingerprint density at radius 2 is 1.79 bits per heavy atom. The van der Waals surface area contributed by atoms with E-state index in [-0.39, 0.29) is 0 Å². The number of hydrogen-bond acceptors (Lipinski definition) is 2. The predicted octanol–water partition coefficient (Wildman–Crippen LogP) is 4.68. The quantitative estimate of drug-likeness (QED) is 0.693. The Hall–Kier alpha value is -2.34. The largest absolute Gasteiger partial charge is 0.416 e. The van der Waals surface area contributed by atoms with Crippen LogP contribution in [0.3, 0.4) is 0 Å². The van der Waals surface area contributed by atoms with Crippen LogP contribution in [0.2, 0.25) is 0 Å². The van der Waals surface area contributed by atoms with Crippen molar-refractivity contribution in [3.63, 3.8) is 0 Å². The monoisotopic (exact) mass is 334 g/mol. The molecular weight excluding hydrogens is 317 g/mol. The minimum atomic E-state index is -4.38. The first-order valence-corrected chi connectivity index (χ1v) is 7.53. The van der Waals surface area contributed by atoms with Crippen molar-refractivity contribution < 1.29 is 17.9 Å². The van der Waals surface area contributed by atoms with Gasteiger partial charge in [-0.3, -0.25) is 0 Å². The molecule has 6 heteroatoms. The molecule has 0 unspecified atom stereocenters. The number of benzene rings is 2. The fourth-order valence-corrected chi connectivity index (χ4v) is 2.64. The molecule has 0 amide bonds. The number of hydrogen-bond donors (Lipinski definition) is 0. The highest BCUT2D eigenvalue weighted by molar-refractivity contribution is 5.81. The molecule has 2 aromatic carbocycles. The number of aromatic nitrogens is 2. The fourth-order valence-electron chi connectivity index (χ4n) is 2.64. The van der Waals surface area contributed by atoms with Crippen LogP contribution in [0, 0.1) is 6.92 Å². The number of halogens is 3. The number of nitrogens with zero attached hydrogens (tertiary/aromatic N) is 2. The molecule has 3 rings (SSSR count). The molecule has 0 saturated heterocycles. The molecule has 1 aromatic heterocycles. The molecule has 3 nitrogen and oxygen atoms in total. The average molecular weight is 334 g/mol. The first-order valence-electron chi connectivity index (χ1n) is 7.53. The maximum atomic E-state index is 12.9. The molecule has 0 N–H and O–H groups in total. The van der Waals surface area contributed by atoms with Gasteiger partial charge in [-0.05, 0) is 25.1 Å². The van der Waals surface area contributed by atoms with Gasteiger partial charge in [0.2, 0.25) is 0 Å². The van der Waals surface area contributed by atoms with Crippen molar-refractivity contribution in [3.8, 4) is 11.4 Å². The van der Waals surface area contributed by atoms with Gasteiger partial charge in [-0.15, -0.1) is 0 Å². The molecule has 0 aliphatic rings. The maximum absolute atomic E-state index is 12.9. The lowest BCUT2D eigenvalue weighted by molar-refractivity contribution is -0.137. The highest BCUT2D eigenvalue weighted by atomic mass is 19.4. The second-order valence-corrected chi connectivity index (χ2v) is 5.65. The van der Waals surface area contributed by atoms with E-state index in [0.29, 0.717) is 30.0 Å². The van der Waals surface area contributed by atoms with Crippen LogP contribution < -0.4 is 0 Å². The van der Waals surface area contributed by atoms with Crippen molar-refractivity contribution in [2.75, 3.05) is 13.7 Å². The second kappa shape index (κ2) is 6.28. The van der Waals surface area contributed by atoms with Gasteiger partial charge >= 0.3 is 6.18 Å². The number of fused-ring (bicyclic) bond motifs is 1. The number of rotatable bonds is 4. The Bertz CT molecular complexity index is 851. The zero-order valence-corrected chi connectivity index (χ0v) is 13.4. The second-order valence-electron chi connectivity index (χ2n) is 5.65. The molecule has 0 saturated carbocycles. The summed E-state index contributed by atoms with van der Waals surface area (Å²) in [5.74, 6) is 0.640. The van der Waals surface area contributed by atoms with Crippen LogP contribution >= 0.6 is 0 Å². The van der Waals surface area contributed by atoms with E-state index in [9.17, 15) is 13.2 Å². The molecule has 126 valence electrons. The summed E-state index contributed by atoms with van der Waals surface area (Å²) in [7, 11) is 1.59. The van der Waals surface area contributed by atoms with Crippen molar-refractivity contribution in [2.24, 2.45) is 0 Å². The lowest BCUT2D eigenvalue weighted by Crippen LogP contribution is -2.07. The van der Waals surface area contributed by atoms with Gasteiger partial charge in [-0.1, -0.05) is 29.8 Å². The molecular formula is C18H17F3N2O. The number of imidazole rings is 1. The minimum absolute atomic E-state index is 0.330. The number of methoxy groups -OCH3 is 1.